The molecule has 2 fully saturated rings. The normalized spacial score (nSPS) is 23.0. The van der Waals surface area contributed by atoms with Crippen molar-refractivity contribution in [1.29, 1.82) is 0 Å². The standard InChI is InChI=1S/C25H34N2O5S2/c1-19-8-4-6-16-26(19)33(28,29)23-13-10-21(11-14-23)24-15-12-22(32-3)18-25(24)34(30,31)27-17-7-5-9-20(27)2/h10-15,18-20H,4-9,16-17H2,1-3H3/t19-,20-/m0/s1. The summed E-state index contributed by atoms with van der Waals surface area (Å²) >= 11 is 0. The summed E-state index contributed by atoms with van der Waals surface area (Å²) < 4.78 is 62.3. The maximum atomic E-state index is 13.7. The summed E-state index contributed by atoms with van der Waals surface area (Å²) in [6, 6.07) is 11.5. The van der Waals surface area contributed by atoms with Gasteiger partial charge in [0.15, 0.2) is 0 Å². The molecule has 0 aromatic heterocycles. The van der Waals surface area contributed by atoms with Gasteiger partial charge in [0.05, 0.1) is 16.9 Å². The average Bonchev–Trinajstić information content (AvgIpc) is 2.84. The maximum absolute atomic E-state index is 13.7. The fourth-order valence-corrected chi connectivity index (χ4v) is 8.64. The summed E-state index contributed by atoms with van der Waals surface area (Å²) in [5.74, 6) is 0.463. The Kier molecular flexibility index (Phi) is 7.38. The topological polar surface area (TPSA) is 84.0 Å². The van der Waals surface area contributed by atoms with Crippen LogP contribution < -0.4 is 4.74 Å². The molecule has 2 aliphatic rings. The van der Waals surface area contributed by atoms with Crippen LogP contribution in [0.25, 0.3) is 11.1 Å². The minimum absolute atomic E-state index is 0.0247. The third kappa shape index (κ3) is 4.76. The SMILES string of the molecule is COc1ccc(-c2ccc(S(=O)(=O)N3CCCC[C@@H]3C)cc2)c(S(=O)(=O)N2CCCC[C@@H]2C)c1. The van der Waals surface area contributed by atoms with Crippen molar-refractivity contribution in [2.24, 2.45) is 0 Å². The molecule has 2 aliphatic heterocycles. The van der Waals surface area contributed by atoms with Crippen LogP contribution in [0.4, 0.5) is 0 Å². The van der Waals surface area contributed by atoms with Crippen molar-refractivity contribution in [3.63, 3.8) is 0 Å². The van der Waals surface area contributed by atoms with E-state index < -0.39 is 20.0 Å². The lowest BCUT2D eigenvalue weighted by atomic mass is 10.1. The van der Waals surface area contributed by atoms with E-state index in [2.05, 4.69) is 0 Å². The Morgan fingerprint density at radius 2 is 1.32 bits per heavy atom. The van der Waals surface area contributed by atoms with E-state index in [0.29, 0.717) is 30.0 Å². The number of benzene rings is 2. The van der Waals surface area contributed by atoms with Gasteiger partial charge in [-0.2, -0.15) is 8.61 Å². The van der Waals surface area contributed by atoms with Crippen molar-refractivity contribution < 1.29 is 21.6 Å². The first-order valence-electron chi connectivity index (χ1n) is 12.0. The zero-order valence-corrected chi connectivity index (χ0v) is 21.7. The van der Waals surface area contributed by atoms with E-state index in [1.54, 1.807) is 51.1 Å². The number of sulfonamides is 2. The number of nitrogens with zero attached hydrogens (tertiary/aromatic N) is 2. The molecule has 0 unspecified atom stereocenters. The monoisotopic (exact) mass is 506 g/mol. The molecule has 0 spiro atoms. The van der Waals surface area contributed by atoms with E-state index in [1.165, 1.54) is 7.11 Å². The minimum atomic E-state index is -3.76. The van der Waals surface area contributed by atoms with Crippen LogP contribution in [0.3, 0.4) is 0 Å². The molecule has 2 aromatic carbocycles. The van der Waals surface area contributed by atoms with Crippen molar-refractivity contribution in [3.05, 3.63) is 42.5 Å². The molecule has 7 nitrogen and oxygen atoms in total. The van der Waals surface area contributed by atoms with Crippen molar-refractivity contribution in [2.75, 3.05) is 20.2 Å². The molecule has 4 rings (SSSR count). The largest absolute Gasteiger partial charge is 0.497 e. The van der Waals surface area contributed by atoms with Gasteiger partial charge in [0, 0.05) is 36.8 Å². The number of hydrogen-bond donors (Lipinski definition) is 0. The number of rotatable bonds is 6. The molecule has 2 aromatic rings. The van der Waals surface area contributed by atoms with E-state index >= 15 is 0 Å². The smallest absolute Gasteiger partial charge is 0.244 e. The van der Waals surface area contributed by atoms with Crippen molar-refractivity contribution in [1.82, 2.24) is 8.61 Å². The molecule has 0 saturated carbocycles. The minimum Gasteiger partial charge on any atom is -0.497 e. The second-order valence-electron chi connectivity index (χ2n) is 9.31. The second-order valence-corrected chi connectivity index (χ2v) is 13.1. The lowest BCUT2D eigenvalue weighted by molar-refractivity contribution is 0.268. The molecule has 0 radical (unpaired) electrons. The molecule has 2 heterocycles. The van der Waals surface area contributed by atoms with Gasteiger partial charge in [0.25, 0.3) is 0 Å². The molecule has 34 heavy (non-hydrogen) atoms. The van der Waals surface area contributed by atoms with Gasteiger partial charge in [-0.1, -0.05) is 25.0 Å². The molecule has 2 atom stereocenters. The lowest BCUT2D eigenvalue weighted by Crippen LogP contribution is -2.42. The Morgan fingerprint density at radius 1 is 0.765 bits per heavy atom. The summed E-state index contributed by atoms with van der Waals surface area (Å²) in [6.07, 6.45) is 5.45. The summed E-state index contributed by atoms with van der Waals surface area (Å²) in [6.45, 7) is 4.91. The Hall–Kier alpha value is -1.94. The molecule has 0 N–H and O–H groups in total. The molecular formula is C25H34N2O5S2. The predicted octanol–water partition coefficient (Wildman–Crippen LogP) is 4.49. The predicted molar refractivity (Wildman–Crippen MR) is 133 cm³/mol. The first-order chi connectivity index (χ1) is 16.2. The molecule has 0 bridgehead atoms. The van der Waals surface area contributed by atoms with Gasteiger partial charge in [-0.3, -0.25) is 0 Å². The van der Waals surface area contributed by atoms with E-state index in [9.17, 15) is 16.8 Å². The first-order valence-corrected chi connectivity index (χ1v) is 14.9. The van der Waals surface area contributed by atoms with Crippen LogP contribution in [0, 0.1) is 0 Å². The fraction of sp³-hybridized carbons (Fsp3) is 0.520. The zero-order chi connectivity index (χ0) is 24.5. The summed E-state index contributed by atoms with van der Waals surface area (Å²) in [7, 11) is -5.85. The molecule has 9 heteroatoms. The van der Waals surface area contributed by atoms with Gasteiger partial charge in [-0.15, -0.1) is 0 Å². The number of piperidine rings is 2. The Morgan fingerprint density at radius 3 is 1.85 bits per heavy atom. The summed E-state index contributed by atoms with van der Waals surface area (Å²) in [5.41, 5.74) is 1.19. The molecule has 0 aliphatic carbocycles. The van der Waals surface area contributed by atoms with Gasteiger partial charge in [-0.05, 0) is 69.4 Å². The molecular weight excluding hydrogens is 472 g/mol. The highest BCUT2D eigenvalue weighted by Crippen LogP contribution is 2.36. The van der Waals surface area contributed by atoms with E-state index in [1.807, 2.05) is 13.8 Å². The van der Waals surface area contributed by atoms with Crippen molar-refractivity contribution in [2.45, 2.75) is 74.2 Å². The number of ether oxygens (including phenoxy) is 1. The Bertz CT molecular complexity index is 1230. The highest BCUT2D eigenvalue weighted by Gasteiger charge is 2.34. The quantitative estimate of drug-likeness (QED) is 0.576. The summed E-state index contributed by atoms with van der Waals surface area (Å²) in [4.78, 5) is 0.411. The van der Waals surface area contributed by atoms with Crippen molar-refractivity contribution in [3.8, 4) is 16.9 Å². The van der Waals surface area contributed by atoms with Crippen LogP contribution in [0.15, 0.2) is 52.3 Å². The van der Waals surface area contributed by atoms with Crippen LogP contribution in [0.2, 0.25) is 0 Å². The third-order valence-electron chi connectivity index (χ3n) is 7.03. The molecule has 186 valence electrons. The molecule has 0 amide bonds. The average molecular weight is 507 g/mol. The van der Waals surface area contributed by atoms with E-state index in [4.69, 9.17) is 4.74 Å². The van der Waals surface area contributed by atoms with Gasteiger partial charge in [0.1, 0.15) is 5.75 Å². The number of methoxy groups -OCH3 is 1. The Balaban J connectivity index is 1.72. The highest BCUT2D eigenvalue weighted by molar-refractivity contribution is 7.89. The Labute approximate surface area is 203 Å². The first kappa shape index (κ1) is 25.2. The van der Waals surface area contributed by atoms with Gasteiger partial charge in [-0.25, -0.2) is 16.8 Å². The lowest BCUT2D eigenvalue weighted by Gasteiger charge is -2.33. The van der Waals surface area contributed by atoms with Crippen LogP contribution in [-0.2, 0) is 20.0 Å². The third-order valence-corrected chi connectivity index (χ3v) is 11.1. The maximum Gasteiger partial charge on any atom is 0.244 e. The highest BCUT2D eigenvalue weighted by atomic mass is 32.2. The number of hydrogen-bond acceptors (Lipinski definition) is 5. The van der Waals surface area contributed by atoms with Gasteiger partial charge in [0.2, 0.25) is 20.0 Å². The fourth-order valence-electron chi connectivity index (χ4n) is 5.01. The van der Waals surface area contributed by atoms with Gasteiger partial charge < -0.3 is 4.74 Å². The molecule has 2 saturated heterocycles. The van der Waals surface area contributed by atoms with E-state index in [-0.39, 0.29) is 21.9 Å². The van der Waals surface area contributed by atoms with Crippen molar-refractivity contribution >= 4 is 20.0 Å². The van der Waals surface area contributed by atoms with Gasteiger partial charge >= 0.3 is 0 Å². The van der Waals surface area contributed by atoms with Crippen LogP contribution >= 0.6 is 0 Å². The zero-order valence-electron chi connectivity index (χ0n) is 20.1. The second kappa shape index (κ2) is 9.97. The van der Waals surface area contributed by atoms with E-state index in [0.717, 1.165) is 38.5 Å². The van der Waals surface area contributed by atoms with Crippen LogP contribution in [-0.4, -0.2) is 57.7 Å². The summed E-state index contributed by atoms with van der Waals surface area (Å²) in [5, 5.41) is 0. The van der Waals surface area contributed by atoms with Crippen LogP contribution in [0.1, 0.15) is 52.4 Å². The van der Waals surface area contributed by atoms with Crippen LogP contribution in [0.5, 0.6) is 5.75 Å².